The largest absolute Gasteiger partial charge is 0.478 e. The van der Waals surface area contributed by atoms with Crippen molar-refractivity contribution in [1.29, 1.82) is 0 Å². The molecule has 0 aliphatic carbocycles. The summed E-state index contributed by atoms with van der Waals surface area (Å²) >= 11 is 5.48. The van der Waals surface area contributed by atoms with E-state index >= 15 is 0 Å². The Hall–Kier alpha value is -1.22. The van der Waals surface area contributed by atoms with Crippen LogP contribution in [0.2, 0.25) is 5.02 Å². The Balaban J connectivity index is 2.91. The SMILES string of the molecule is CCOCCCNS(=O)(=O)c1cc(F)c(Cl)c(C(=O)O)c1. The summed E-state index contributed by atoms with van der Waals surface area (Å²) in [4.78, 5) is 10.4. The van der Waals surface area contributed by atoms with Gasteiger partial charge < -0.3 is 9.84 Å². The Bertz CT molecular complexity index is 620. The highest BCUT2D eigenvalue weighted by atomic mass is 35.5. The first kappa shape index (κ1) is 17.8. The number of ether oxygens (including phenoxy) is 1. The Labute approximate surface area is 126 Å². The molecule has 21 heavy (non-hydrogen) atoms. The topological polar surface area (TPSA) is 92.7 Å². The Morgan fingerprint density at radius 1 is 1.48 bits per heavy atom. The van der Waals surface area contributed by atoms with Crippen LogP contribution < -0.4 is 4.72 Å². The van der Waals surface area contributed by atoms with Gasteiger partial charge in [0.2, 0.25) is 10.0 Å². The number of nitrogens with one attached hydrogen (secondary N) is 1. The van der Waals surface area contributed by atoms with Gasteiger partial charge in [0.1, 0.15) is 5.82 Å². The number of hydrogen-bond acceptors (Lipinski definition) is 4. The highest BCUT2D eigenvalue weighted by Crippen LogP contribution is 2.24. The van der Waals surface area contributed by atoms with E-state index in [0.717, 1.165) is 6.07 Å². The summed E-state index contributed by atoms with van der Waals surface area (Å²) in [7, 11) is -4.01. The summed E-state index contributed by atoms with van der Waals surface area (Å²) in [5.41, 5.74) is -0.605. The van der Waals surface area contributed by atoms with Gasteiger partial charge in [-0.1, -0.05) is 11.6 Å². The van der Waals surface area contributed by atoms with Gasteiger partial charge in [-0.05, 0) is 25.5 Å². The molecule has 0 heterocycles. The Morgan fingerprint density at radius 3 is 2.71 bits per heavy atom. The minimum atomic E-state index is -4.01. The predicted octanol–water partition coefficient (Wildman–Crippen LogP) is 1.88. The molecule has 1 aromatic carbocycles. The van der Waals surface area contributed by atoms with Gasteiger partial charge >= 0.3 is 5.97 Å². The third kappa shape index (κ3) is 4.92. The van der Waals surface area contributed by atoms with Crippen LogP contribution in [0, 0.1) is 5.82 Å². The van der Waals surface area contributed by atoms with E-state index in [2.05, 4.69) is 4.72 Å². The van der Waals surface area contributed by atoms with Crippen molar-refractivity contribution >= 4 is 27.6 Å². The first-order valence-electron chi connectivity index (χ1n) is 6.09. The molecule has 0 bridgehead atoms. The normalized spacial score (nSPS) is 11.6. The summed E-state index contributed by atoms with van der Waals surface area (Å²) < 4.78 is 44.7. The molecule has 1 rings (SSSR count). The van der Waals surface area contributed by atoms with E-state index in [1.165, 1.54) is 0 Å². The van der Waals surface area contributed by atoms with Crippen LogP contribution >= 0.6 is 11.6 Å². The molecule has 0 spiro atoms. The van der Waals surface area contributed by atoms with Crippen LogP contribution in [0.5, 0.6) is 0 Å². The second kappa shape index (κ2) is 7.69. The van der Waals surface area contributed by atoms with Gasteiger partial charge in [-0.25, -0.2) is 22.3 Å². The number of carboxylic acid groups (broad SMARTS) is 1. The van der Waals surface area contributed by atoms with E-state index in [1.54, 1.807) is 0 Å². The zero-order valence-electron chi connectivity index (χ0n) is 11.2. The van der Waals surface area contributed by atoms with Gasteiger partial charge in [0, 0.05) is 19.8 Å². The van der Waals surface area contributed by atoms with Crippen LogP contribution in [0.1, 0.15) is 23.7 Å². The maximum Gasteiger partial charge on any atom is 0.337 e. The van der Waals surface area contributed by atoms with Crippen molar-refractivity contribution in [2.75, 3.05) is 19.8 Å². The standard InChI is InChI=1S/C12H15ClFNO5S/c1-2-20-5-3-4-15-21(18,19)8-6-9(12(16)17)11(13)10(14)7-8/h6-7,15H,2-5H2,1H3,(H,16,17). The van der Waals surface area contributed by atoms with Gasteiger partial charge in [0.15, 0.2) is 0 Å². The average Bonchev–Trinajstić information content (AvgIpc) is 2.40. The van der Waals surface area contributed by atoms with Crippen LogP contribution in [-0.2, 0) is 14.8 Å². The summed E-state index contributed by atoms with van der Waals surface area (Å²) in [6.07, 6.45) is 0.439. The molecule has 6 nitrogen and oxygen atoms in total. The molecule has 1 aromatic rings. The lowest BCUT2D eigenvalue weighted by Crippen LogP contribution is -2.26. The van der Waals surface area contributed by atoms with E-state index < -0.39 is 37.3 Å². The van der Waals surface area contributed by atoms with Gasteiger partial charge in [-0.15, -0.1) is 0 Å². The molecule has 0 saturated heterocycles. The number of hydrogen-bond donors (Lipinski definition) is 2. The summed E-state index contributed by atoms with van der Waals surface area (Å²) in [6.45, 7) is 2.81. The number of benzene rings is 1. The van der Waals surface area contributed by atoms with Crippen molar-refractivity contribution in [3.05, 3.63) is 28.5 Å². The van der Waals surface area contributed by atoms with E-state index in [0.29, 0.717) is 25.7 Å². The van der Waals surface area contributed by atoms with Crippen molar-refractivity contribution in [2.24, 2.45) is 0 Å². The van der Waals surface area contributed by atoms with Gasteiger partial charge in [-0.2, -0.15) is 0 Å². The van der Waals surface area contributed by atoms with Crippen molar-refractivity contribution in [1.82, 2.24) is 4.72 Å². The molecule has 0 aromatic heterocycles. The molecule has 118 valence electrons. The zero-order valence-corrected chi connectivity index (χ0v) is 12.8. The number of carboxylic acids is 1. The lowest BCUT2D eigenvalue weighted by Gasteiger charge is -2.09. The molecule has 0 fully saturated rings. The molecule has 2 N–H and O–H groups in total. The summed E-state index contributed by atoms with van der Waals surface area (Å²) in [5.74, 6) is -2.61. The zero-order chi connectivity index (χ0) is 16.0. The summed E-state index contributed by atoms with van der Waals surface area (Å²) in [5, 5.41) is 8.24. The predicted molar refractivity (Wildman–Crippen MR) is 74.7 cm³/mol. The maximum atomic E-state index is 13.5. The minimum Gasteiger partial charge on any atom is -0.478 e. The molecule has 0 radical (unpaired) electrons. The van der Waals surface area contributed by atoms with E-state index in [9.17, 15) is 17.6 Å². The first-order valence-corrected chi connectivity index (χ1v) is 7.95. The monoisotopic (exact) mass is 339 g/mol. The fourth-order valence-electron chi connectivity index (χ4n) is 1.48. The Morgan fingerprint density at radius 2 is 2.14 bits per heavy atom. The van der Waals surface area contributed by atoms with Gasteiger partial charge in [0.05, 0.1) is 15.5 Å². The molecule has 0 amide bonds. The Kier molecular flexibility index (Phi) is 6.53. The molecule has 0 unspecified atom stereocenters. The van der Waals surface area contributed by atoms with Crippen molar-refractivity contribution in [3.63, 3.8) is 0 Å². The molecular weight excluding hydrogens is 325 g/mol. The fraction of sp³-hybridized carbons (Fsp3) is 0.417. The number of aromatic carboxylic acids is 1. The minimum absolute atomic E-state index is 0.0922. The van der Waals surface area contributed by atoms with Crippen molar-refractivity contribution in [3.8, 4) is 0 Å². The van der Waals surface area contributed by atoms with Crippen LogP contribution in [0.3, 0.4) is 0 Å². The van der Waals surface area contributed by atoms with Crippen LogP contribution in [-0.4, -0.2) is 39.3 Å². The number of sulfonamides is 1. The van der Waals surface area contributed by atoms with Crippen molar-refractivity contribution < 1.29 is 27.4 Å². The fourth-order valence-corrected chi connectivity index (χ4v) is 2.78. The molecule has 0 aliphatic rings. The van der Waals surface area contributed by atoms with E-state index in [4.69, 9.17) is 21.4 Å². The highest BCUT2D eigenvalue weighted by Gasteiger charge is 2.21. The molecule has 0 aliphatic heterocycles. The lowest BCUT2D eigenvalue weighted by molar-refractivity contribution is 0.0696. The number of rotatable bonds is 8. The molecular formula is C12H15ClFNO5S. The third-order valence-corrected chi connectivity index (χ3v) is 4.33. The van der Waals surface area contributed by atoms with Crippen LogP contribution in [0.15, 0.2) is 17.0 Å². The second-order valence-corrected chi connectivity index (χ2v) is 6.16. The quantitative estimate of drug-likeness (QED) is 0.705. The highest BCUT2D eigenvalue weighted by molar-refractivity contribution is 7.89. The first-order chi connectivity index (χ1) is 9.79. The van der Waals surface area contributed by atoms with Crippen LogP contribution in [0.4, 0.5) is 4.39 Å². The number of halogens is 2. The van der Waals surface area contributed by atoms with E-state index in [-0.39, 0.29) is 6.54 Å². The molecule has 0 atom stereocenters. The second-order valence-electron chi connectivity index (χ2n) is 4.02. The smallest absolute Gasteiger partial charge is 0.337 e. The molecule has 9 heteroatoms. The molecule has 0 saturated carbocycles. The number of carbonyl (C=O) groups is 1. The summed E-state index contributed by atoms with van der Waals surface area (Å²) in [6, 6.07) is 1.50. The third-order valence-electron chi connectivity index (χ3n) is 2.50. The van der Waals surface area contributed by atoms with E-state index in [1.807, 2.05) is 6.92 Å². The maximum absolute atomic E-state index is 13.5. The average molecular weight is 340 g/mol. The van der Waals surface area contributed by atoms with Gasteiger partial charge in [-0.3, -0.25) is 0 Å². The van der Waals surface area contributed by atoms with Crippen LogP contribution in [0.25, 0.3) is 0 Å². The van der Waals surface area contributed by atoms with Crippen molar-refractivity contribution in [2.45, 2.75) is 18.2 Å². The van der Waals surface area contributed by atoms with Gasteiger partial charge in [0.25, 0.3) is 0 Å². The lowest BCUT2D eigenvalue weighted by atomic mass is 10.2.